The fourth-order valence-electron chi connectivity index (χ4n) is 9.79. The zero-order chi connectivity index (χ0) is 37.6. The van der Waals surface area contributed by atoms with Crippen LogP contribution in [0, 0.1) is 0 Å². The molecule has 2 aromatic heterocycles. The van der Waals surface area contributed by atoms with Crippen LogP contribution in [0.3, 0.4) is 0 Å². The summed E-state index contributed by atoms with van der Waals surface area (Å²) in [4.78, 5) is 14.2. The monoisotopic (exact) mass is 711 g/mol. The van der Waals surface area contributed by atoms with Crippen LogP contribution in [0.5, 0.6) is 0 Å². The molecule has 2 aliphatic rings. The third kappa shape index (κ3) is 4.24. The van der Waals surface area contributed by atoms with Crippen molar-refractivity contribution in [2.45, 2.75) is 57.8 Å². The van der Waals surface area contributed by atoms with Crippen molar-refractivity contribution in [3.05, 3.63) is 183 Å². The Balaban J connectivity index is 1.24. The van der Waals surface area contributed by atoms with Crippen molar-refractivity contribution in [2.75, 3.05) is 0 Å². The Hall–Kier alpha value is -6.19. The number of benzene rings is 7. The average Bonchev–Trinajstić information content (AvgIpc) is 3.77. The van der Waals surface area contributed by atoms with Crippen molar-refractivity contribution < 1.29 is 4.42 Å². The quantitative estimate of drug-likeness (QED) is 0.159. The van der Waals surface area contributed by atoms with Gasteiger partial charge in [-0.1, -0.05) is 120 Å². The summed E-state index contributed by atoms with van der Waals surface area (Å²) in [7, 11) is 0. The van der Waals surface area contributed by atoms with Crippen molar-refractivity contribution in [3.8, 4) is 27.9 Å². The Morgan fingerprint density at radius 3 is 1.64 bits per heavy atom. The molecule has 266 valence electrons. The van der Waals surface area contributed by atoms with Crippen molar-refractivity contribution >= 4 is 43.7 Å². The van der Waals surface area contributed by atoms with Gasteiger partial charge in [-0.2, -0.15) is 0 Å². The maximum absolute atomic E-state index is 14.2. The summed E-state index contributed by atoms with van der Waals surface area (Å²) in [5.74, 6) is 0. The Labute approximate surface area is 320 Å². The number of hydrogen-bond acceptors (Lipinski definition) is 2. The molecule has 1 spiro atoms. The minimum atomic E-state index is -0.627. The molecule has 3 heteroatoms. The van der Waals surface area contributed by atoms with E-state index in [0.717, 1.165) is 16.8 Å². The van der Waals surface area contributed by atoms with E-state index < -0.39 is 5.41 Å². The molecule has 0 N–H and O–H groups in total. The van der Waals surface area contributed by atoms with E-state index >= 15 is 0 Å². The maximum Gasteiger partial charge on any atom is 0.200 e. The van der Waals surface area contributed by atoms with Gasteiger partial charge in [0.25, 0.3) is 0 Å². The van der Waals surface area contributed by atoms with Crippen LogP contribution in [0.4, 0.5) is 0 Å². The molecule has 0 saturated heterocycles. The van der Waals surface area contributed by atoms with Gasteiger partial charge in [-0.05, 0) is 127 Å². The third-order valence-corrected chi connectivity index (χ3v) is 12.5. The number of para-hydroxylation sites is 1. The molecule has 0 amide bonds. The smallest absolute Gasteiger partial charge is 0.200 e. The molecule has 0 fully saturated rings. The second-order valence-electron chi connectivity index (χ2n) is 17.7. The highest BCUT2D eigenvalue weighted by Gasteiger charge is 2.52. The topological polar surface area (TPSA) is 35.1 Å². The standard InChI is InChI=1S/C52H41NO2/c1-50(2,3)30-19-23-45-38(25-30)39-26-31(51(4,5)6)20-24-46(39)53(45)32-21-22-35-33-13-7-10-16-41(33)52(43(35)27-32)42-17-11-8-14-34(42)37-29-48-40(28-44(37)52)49(54)36-15-9-12-18-47(36)55-48/h7-29H,1-6H3. The highest BCUT2D eigenvalue weighted by atomic mass is 16.3. The number of fused-ring (bicyclic) bond motifs is 15. The van der Waals surface area contributed by atoms with E-state index in [0.29, 0.717) is 21.9 Å². The van der Waals surface area contributed by atoms with Gasteiger partial charge in [0.15, 0.2) is 0 Å². The van der Waals surface area contributed by atoms with E-state index in [2.05, 4.69) is 161 Å². The Kier molecular flexibility index (Phi) is 6.29. The summed E-state index contributed by atoms with van der Waals surface area (Å²) < 4.78 is 8.92. The van der Waals surface area contributed by atoms with Gasteiger partial charge < -0.3 is 8.98 Å². The van der Waals surface area contributed by atoms with Crippen LogP contribution in [-0.4, -0.2) is 4.57 Å². The van der Waals surface area contributed by atoms with Gasteiger partial charge in [0, 0.05) is 16.5 Å². The lowest BCUT2D eigenvalue weighted by Gasteiger charge is -2.31. The molecule has 2 aliphatic carbocycles. The van der Waals surface area contributed by atoms with Crippen LogP contribution in [0.15, 0.2) is 149 Å². The van der Waals surface area contributed by atoms with Gasteiger partial charge >= 0.3 is 0 Å². The number of nitrogens with zero attached hydrogens (tertiary/aromatic N) is 1. The van der Waals surface area contributed by atoms with E-state index in [1.807, 2.05) is 24.3 Å². The fraction of sp³-hybridized carbons (Fsp3) is 0.173. The minimum absolute atomic E-state index is 0.000505. The summed E-state index contributed by atoms with van der Waals surface area (Å²) in [5, 5.41) is 3.76. The molecular weight excluding hydrogens is 671 g/mol. The van der Waals surface area contributed by atoms with E-state index in [9.17, 15) is 4.79 Å². The molecular formula is C52H41NO2. The molecule has 7 aromatic carbocycles. The van der Waals surface area contributed by atoms with Crippen molar-refractivity contribution in [1.29, 1.82) is 0 Å². The minimum Gasteiger partial charge on any atom is -0.456 e. The summed E-state index contributed by atoms with van der Waals surface area (Å²) >= 11 is 0. The van der Waals surface area contributed by atoms with Gasteiger partial charge in [0.05, 0.1) is 27.2 Å². The number of hydrogen-bond donors (Lipinski definition) is 0. The van der Waals surface area contributed by atoms with Gasteiger partial charge in [0.2, 0.25) is 5.43 Å². The van der Waals surface area contributed by atoms with Gasteiger partial charge in [-0.3, -0.25) is 4.79 Å². The molecule has 2 heterocycles. The molecule has 0 saturated carbocycles. The molecule has 11 rings (SSSR count). The second-order valence-corrected chi connectivity index (χ2v) is 17.7. The summed E-state index contributed by atoms with van der Waals surface area (Å²) in [6.07, 6.45) is 0. The molecule has 1 atom stereocenters. The van der Waals surface area contributed by atoms with Crippen LogP contribution < -0.4 is 5.43 Å². The Morgan fingerprint density at radius 1 is 0.455 bits per heavy atom. The van der Waals surface area contributed by atoms with Crippen LogP contribution in [-0.2, 0) is 16.2 Å². The first-order valence-corrected chi connectivity index (χ1v) is 19.4. The summed E-state index contributed by atoms with van der Waals surface area (Å²) in [5.41, 5.74) is 16.4. The molecule has 3 nitrogen and oxygen atoms in total. The van der Waals surface area contributed by atoms with Gasteiger partial charge in [-0.15, -0.1) is 0 Å². The normalized spacial score (nSPS) is 16.0. The lowest BCUT2D eigenvalue weighted by atomic mass is 9.70. The predicted molar refractivity (Wildman–Crippen MR) is 228 cm³/mol. The molecule has 55 heavy (non-hydrogen) atoms. The number of rotatable bonds is 1. The third-order valence-electron chi connectivity index (χ3n) is 12.5. The van der Waals surface area contributed by atoms with E-state index in [1.165, 1.54) is 66.3 Å². The van der Waals surface area contributed by atoms with Gasteiger partial charge in [0.1, 0.15) is 11.2 Å². The van der Waals surface area contributed by atoms with Crippen molar-refractivity contribution in [2.24, 2.45) is 0 Å². The van der Waals surface area contributed by atoms with Crippen molar-refractivity contribution in [3.63, 3.8) is 0 Å². The maximum atomic E-state index is 14.2. The molecule has 0 bridgehead atoms. The summed E-state index contributed by atoms with van der Waals surface area (Å²) in [6, 6.07) is 50.6. The molecule has 0 radical (unpaired) electrons. The van der Waals surface area contributed by atoms with E-state index in [4.69, 9.17) is 4.42 Å². The lowest BCUT2D eigenvalue weighted by molar-refractivity contribution is 0.590. The average molecular weight is 712 g/mol. The lowest BCUT2D eigenvalue weighted by Crippen LogP contribution is -2.26. The second kappa shape index (κ2) is 10.7. The van der Waals surface area contributed by atoms with Crippen LogP contribution in [0.1, 0.15) is 74.9 Å². The molecule has 1 unspecified atom stereocenters. The van der Waals surface area contributed by atoms with E-state index in [1.54, 1.807) is 0 Å². The predicted octanol–water partition coefficient (Wildman–Crippen LogP) is 13.0. The first-order valence-electron chi connectivity index (χ1n) is 19.4. The fourth-order valence-corrected chi connectivity index (χ4v) is 9.79. The van der Waals surface area contributed by atoms with Crippen LogP contribution in [0.25, 0.3) is 71.7 Å². The zero-order valence-corrected chi connectivity index (χ0v) is 32.0. The van der Waals surface area contributed by atoms with Crippen LogP contribution >= 0.6 is 0 Å². The highest BCUT2D eigenvalue weighted by molar-refractivity contribution is 6.10. The Bertz CT molecular complexity index is 3130. The molecule has 0 aliphatic heterocycles. The Morgan fingerprint density at radius 2 is 1.00 bits per heavy atom. The van der Waals surface area contributed by atoms with Crippen LogP contribution in [0.2, 0.25) is 0 Å². The molecule has 9 aromatic rings. The van der Waals surface area contributed by atoms with E-state index in [-0.39, 0.29) is 16.3 Å². The van der Waals surface area contributed by atoms with Crippen molar-refractivity contribution in [1.82, 2.24) is 4.57 Å². The highest BCUT2D eigenvalue weighted by Crippen LogP contribution is 2.63. The first kappa shape index (κ1) is 32.3. The van der Waals surface area contributed by atoms with Gasteiger partial charge in [-0.25, -0.2) is 0 Å². The number of aromatic nitrogens is 1. The first-order chi connectivity index (χ1) is 26.4. The summed E-state index contributed by atoms with van der Waals surface area (Å²) in [6.45, 7) is 13.7. The SMILES string of the molecule is CC(C)(C)c1ccc2c(c1)c1cc(C(C)(C)C)ccc1n2-c1ccc2c(c1)C1(c3ccccc3-2)c2ccccc2-c2cc3oc4ccccc4c(=O)c3cc21. The largest absolute Gasteiger partial charge is 0.456 e. The zero-order valence-electron chi connectivity index (χ0n) is 32.0.